The molecule has 16 heavy (non-hydrogen) atoms. The van der Waals surface area contributed by atoms with Gasteiger partial charge < -0.3 is 20.7 Å². The van der Waals surface area contributed by atoms with E-state index in [1.165, 1.54) is 13.2 Å². The minimum atomic E-state index is -0.674. The van der Waals surface area contributed by atoms with Gasteiger partial charge in [0.05, 0.1) is 24.8 Å². The van der Waals surface area contributed by atoms with E-state index < -0.39 is 12.1 Å². The molecule has 0 amide bonds. The standard InChI is InChI=1S/C12H19NO3/c1-3-5-9(15)12(13)11-8(14)6-4-7-10(11)16-2/h4,6-7,9,12,14-15H,3,5,13H2,1-2H3/t9-,12-/m0/s1. The summed E-state index contributed by atoms with van der Waals surface area (Å²) in [6.07, 6.45) is 0.760. The molecule has 4 nitrogen and oxygen atoms in total. The lowest BCUT2D eigenvalue weighted by Crippen LogP contribution is -2.26. The molecule has 0 spiro atoms. The van der Waals surface area contributed by atoms with Crippen LogP contribution in [-0.4, -0.2) is 23.4 Å². The highest BCUT2D eigenvalue weighted by Crippen LogP contribution is 2.34. The topological polar surface area (TPSA) is 75.7 Å². The monoisotopic (exact) mass is 225 g/mol. The number of ether oxygens (including phenoxy) is 1. The summed E-state index contributed by atoms with van der Waals surface area (Å²) >= 11 is 0. The van der Waals surface area contributed by atoms with Crippen LogP contribution < -0.4 is 10.5 Å². The van der Waals surface area contributed by atoms with Gasteiger partial charge in [-0.1, -0.05) is 19.4 Å². The molecule has 2 atom stereocenters. The van der Waals surface area contributed by atoms with Crippen LogP contribution in [0.5, 0.6) is 11.5 Å². The molecule has 1 aromatic rings. The van der Waals surface area contributed by atoms with Crippen LogP contribution in [0, 0.1) is 0 Å². The number of phenols is 1. The molecule has 0 saturated heterocycles. The van der Waals surface area contributed by atoms with Gasteiger partial charge in [-0.2, -0.15) is 0 Å². The number of phenolic OH excluding ortho intramolecular Hbond substituents is 1. The highest BCUT2D eigenvalue weighted by atomic mass is 16.5. The Morgan fingerprint density at radius 2 is 2.12 bits per heavy atom. The number of methoxy groups -OCH3 is 1. The highest BCUT2D eigenvalue weighted by Gasteiger charge is 2.22. The highest BCUT2D eigenvalue weighted by molar-refractivity contribution is 5.46. The number of hydrogen-bond acceptors (Lipinski definition) is 4. The van der Waals surface area contributed by atoms with Gasteiger partial charge in [0, 0.05) is 0 Å². The molecule has 0 bridgehead atoms. The first-order valence-electron chi connectivity index (χ1n) is 5.41. The van der Waals surface area contributed by atoms with Gasteiger partial charge in [0.1, 0.15) is 11.5 Å². The molecule has 0 aromatic heterocycles. The van der Waals surface area contributed by atoms with Crippen LogP contribution in [0.1, 0.15) is 31.4 Å². The Bertz CT molecular complexity index is 341. The Kier molecular flexibility index (Phi) is 4.58. The SMILES string of the molecule is CCC[C@H](O)[C@H](N)c1c(O)cccc1OC. The maximum Gasteiger partial charge on any atom is 0.127 e. The van der Waals surface area contributed by atoms with E-state index in [1.807, 2.05) is 6.92 Å². The van der Waals surface area contributed by atoms with Gasteiger partial charge in [-0.3, -0.25) is 0 Å². The van der Waals surface area contributed by atoms with Crippen LogP contribution in [0.3, 0.4) is 0 Å². The molecular formula is C12H19NO3. The summed E-state index contributed by atoms with van der Waals surface area (Å²) in [4.78, 5) is 0. The molecule has 0 aliphatic heterocycles. The van der Waals surface area contributed by atoms with Crippen LogP contribution in [0.2, 0.25) is 0 Å². The summed E-state index contributed by atoms with van der Waals surface area (Å²) in [6, 6.07) is 4.30. The van der Waals surface area contributed by atoms with Crippen molar-refractivity contribution in [3.63, 3.8) is 0 Å². The van der Waals surface area contributed by atoms with E-state index in [4.69, 9.17) is 10.5 Å². The van der Waals surface area contributed by atoms with Gasteiger partial charge in [0.2, 0.25) is 0 Å². The molecule has 1 aromatic carbocycles. The number of benzene rings is 1. The molecule has 4 N–H and O–H groups in total. The zero-order valence-corrected chi connectivity index (χ0v) is 9.68. The first kappa shape index (κ1) is 12.8. The number of aliphatic hydroxyl groups is 1. The zero-order valence-electron chi connectivity index (χ0n) is 9.68. The minimum absolute atomic E-state index is 0.0574. The van der Waals surface area contributed by atoms with E-state index >= 15 is 0 Å². The first-order valence-corrected chi connectivity index (χ1v) is 5.41. The molecule has 0 radical (unpaired) electrons. The van der Waals surface area contributed by atoms with E-state index in [2.05, 4.69) is 0 Å². The fourth-order valence-corrected chi connectivity index (χ4v) is 1.71. The van der Waals surface area contributed by atoms with Gasteiger partial charge in [-0.05, 0) is 18.6 Å². The summed E-state index contributed by atoms with van der Waals surface area (Å²) in [7, 11) is 1.51. The van der Waals surface area contributed by atoms with Crippen molar-refractivity contribution in [1.82, 2.24) is 0 Å². The molecular weight excluding hydrogens is 206 g/mol. The van der Waals surface area contributed by atoms with Crippen molar-refractivity contribution in [1.29, 1.82) is 0 Å². The largest absolute Gasteiger partial charge is 0.507 e. The number of aliphatic hydroxyl groups excluding tert-OH is 1. The maximum absolute atomic E-state index is 9.82. The molecule has 1 rings (SSSR count). The Balaban J connectivity index is 3.01. The Morgan fingerprint density at radius 1 is 1.44 bits per heavy atom. The number of aromatic hydroxyl groups is 1. The first-order chi connectivity index (χ1) is 7.61. The van der Waals surface area contributed by atoms with Crippen molar-refractivity contribution in [2.75, 3.05) is 7.11 Å². The summed E-state index contributed by atoms with van der Waals surface area (Å²) in [5.74, 6) is 0.560. The fourth-order valence-electron chi connectivity index (χ4n) is 1.71. The molecule has 0 aliphatic rings. The summed E-state index contributed by atoms with van der Waals surface area (Å²) < 4.78 is 5.12. The van der Waals surface area contributed by atoms with E-state index in [0.29, 0.717) is 17.7 Å². The lowest BCUT2D eigenvalue weighted by molar-refractivity contribution is 0.132. The molecule has 4 heteroatoms. The predicted molar refractivity (Wildman–Crippen MR) is 62.5 cm³/mol. The van der Waals surface area contributed by atoms with E-state index in [0.717, 1.165) is 6.42 Å². The molecule has 90 valence electrons. The van der Waals surface area contributed by atoms with E-state index in [9.17, 15) is 10.2 Å². The van der Waals surface area contributed by atoms with Crippen LogP contribution in [-0.2, 0) is 0 Å². The van der Waals surface area contributed by atoms with Crippen molar-refractivity contribution >= 4 is 0 Å². The van der Waals surface area contributed by atoms with Gasteiger partial charge in [0.25, 0.3) is 0 Å². The number of hydrogen-bond donors (Lipinski definition) is 3. The Labute approximate surface area is 95.7 Å². The maximum atomic E-state index is 9.82. The van der Waals surface area contributed by atoms with Crippen molar-refractivity contribution < 1.29 is 14.9 Å². The summed E-state index contributed by atoms with van der Waals surface area (Å²) in [5.41, 5.74) is 6.38. The number of nitrogens with two attached hydrogens (primary N) is 1. The smallest absolute Gasteiger partial charge is 0.127 e. The zero-order chi connectivity index (χ0) is 12.1. The summed E-state index contributed by atoms with van der Waals surface area (Å²) in [6.45, 7) is 1.97. The fraction of sp³-hybridized carbons (Fsp3) is 0.500. The Morgan fingerprint density at radius 3 is 2.69 bits per heavy atom. The third-order valence-electron chi connectivity index (χ3n) is 2.60. The van der Waals surface area contributed by atoms with Gasteiger partial charge >= 0.3 is 0 Å². The van der Waals surface area contributed by atoms with E-state index in [-0.39, 0.29) is 5.75 Å². The second-order valence-corrected chi connectivity index (χ2v) is 3.77. The van der Waals surface area contributed by atoms with Gasteiger partial charge in [-0.15, -0.1) is 0 Å². The molecule has 0 heterocycles. The third kappa shape index (κ3) is 2.65. The van der Waals surface area contributed by atoms with E-state index in [1.54, 1.807) is 12.1 Å². The van der Waals surface area contributed by atoms with Crippen molar-refractivity contribution in [3.8, 4) is 11.5 Å². The van der Waals surface area contributed by atoms with Crippen LogP contribution in [0.4, 0.5) is 0 Å². The quantitative estimate of drug-likeness (QED) is 0.711. The Hall–Kier alpha value is -1.26. The lowest BCUT2D eigenvalue weighted by atomic mass is 9.97. The van der Waals surface area contributed by atoms with Crippen molar-refractivity contribution in [3.05, 3.63) is 23.8 Å². The normalized spacial score (nSPS) is 14.5. The molecule has 0 fully saturated rings. The van der Waals surface area contributed by atoms with Gasteiger partial charge in [0.15, 0.2) is 0 Å². The van der Waals surface area contributed by atoms with Crippen LogP contribution in [0.25, 0.3) is 0 Å². The lowest BCUT2D eigenvalue weighted by Gasteiger charge is -2.21. The second kappa shape index (κ2) is 5.72. The van der Waals surface area contributed by atoms with Gasteiger partial charge in [-0.25, -0.2) is 0 Å². The average Bonchev–Trinajstić information content (AvgIpc) is 2.28. The molecule has 0 unspecified atom stereocenters. The van der Waals surface area contributed by atoms with Crippen LogP contribution >= 0.6 is 0 Å². The van der Waals surface area contributed by atoms with Crippen molar-refractivity contribution in [2.24, 2.45) is 5.73 Å². The molecule has 0 aliphatic carbocycles. The third-order valence-corrected chi connectivity index (χ3v) is 2.60. The minimum Gasteiger partial charge on any atom is -0.507 e. The van der Waals surface area contributed by atoms with Crippen LogP contribution in [0.15, 0.2) is 18.2 Å². The van der Waals surface area contributed by atoms with Crippen molar-refractivity contribution in [2.45, 2.75) is 31.9 Å². The number of rotatable bonds is 5. The summed E-state index contributed by atoms with van der Waals surface area (Å²) in [5, 5.41) is 19.6. The second-order valence-electron chi connectivity index (χ2n) is 3.77. The molecule has 0 saturated carbocycles. The predicted octanol–water partition coefficient (Wildman–Crippen LogP) is 1.56. The average molecular weight is 225 g/mol.